The van der Waals surface area contributed by atoms with Crippen molar-refractivity contribution in [3.05, 3.63) is 96.6 Å². The van der Waals surface area contributed by atoms with Crippen molar-refractivity contribution in [1.29, 1.82) is 0 Å². The van der Waals surface area contributed by atoms with Crippen LogP contribution in [-0.4, -0.2) is 15.7 Å². The molecule has 0 aliphatic rings. The number of hydrogen-bond donors (Lipinski definition) is 2. The van der Waals surface area contributed by atoms with Gasteiger partial charge in [0.2, 0.25) is 5.95 Å². The first kappa shape index (κ1) is 18.4. The number of nitrogen functional groups attached to an aromatic ring is 1. The summed E-state index contributed by atoms with van der Waals surface area (Å²) in [5.74, 6) is 0.444. The molecular formula is C24H21N5. The van der Waals surface area contributed by atoms with Crippen molar-refractivity contribution < 1.29 is 0 Å². The van der Waals surface area contributed by atoms with Gasteiger partial charge in [0.05, 0.1) is 17.1 Å². The molecule has 0 saturated carbocycles. The number of anilines is 2. The lowest BCUT2D eigenvalue weighted by Crippen LogP contribution is -2.04. The Balaban J connectivity index is 1.70. The van der Waals surface area contributed by atoms with E-state index in [1.807, 2.05) is 97.9 Å². The lowest BCUT2D eigenvalue weighted by molar-refractivity contribution is 1.12. The second-order valence-electron chi connectivity index (χ2n) is 6.63. The fourth-order valence-electron chi connectivity index (χ4n) is 2.93. The molecule has 142 valence electrons. The molecule has 0 aliphatic heterocycles. The molecule has 0 unspecified atom stereocenters. The van der Waals surface area contributed by atoms with Crippen LogP contribution in [-0.2, 0) is 0 Å². The van der Waals surface area contributed by atoms with Gasteiger partial charge in [0.15, 0.2) is 0 Å². The highest BCUT2D eigenvalue weighted by molar-refractivity contribution is 5.99. The van der Waals surface area contributed by atoms with Crippen LogP contribution in [0.15, 0.2) is 96.1 Å². The number of nitrogens with two attached hydrogens (primary N) is 1. The third-order valence-electron chi connectivity index (χ3n) is 4.52. The first-order valence-corrected chi connectivity index (χ1v) is 9.35. The number of nitrogens with zero attached hydrogens (tertiary/aromatic N) is 3. The third kappa shape index (κ3) is 4.47. The average Bonchev–Trinajstić information content (AvgIpc) is 2.79. The van der Waals surface area contributed by atoms with Gasteiger partial charge >= 0.3 is 0 Å². The Hall–Kier alpha value is -3.99. The molecule has 1 heterocycles. The maximum absolute atomic E-state index is 5.76. The van der Waals surface area contributed by atoms with Gasteiger partial charge in [0, 0.05) is 16.8 Å². The summed E-state index contributed by atoms with van der Waals surface area (Å²) in [5, 5.41) is 4.46. The number of hydrazone groups is 1. The molecule has 0 aliphatic carbocycles. The smallest absolute Gasteiger partial charge is 0.244 e. The lowest BCUT2D eigenvalue weighted by atomic mass is 10.1. The van der Waals surface area contributed by atoms with E-state index >= 15 is 0 Å². The van der Waals surface area contributed by atoms with E-state index in [2.05, 4.69) is 20.5 Å². The molecular weight excluding hydrogens is 358 g/mol. The van der Waals surface area contributed by atoms with Crippen LogP contribution in [0.5, 0.6) is 0 Å². The second kappa shape index (κ2) is 8.35. The molecule has 0 bridgehead atoms. The second-order valence-corrected chi connectivity index (χ2v) is 6.63. The summed E-state index contributed by atoms with van der Waals surface area (Å²) in [7, 11) is 0. The van der Waals surface area contributed by atoms with Crippen LogP contribution in [0, 0.1) is 0 Å². The van der Waals surface area contributed by atoms with Crippen molar-refractivity contribution >= 4 is 17.3 Å². The van der Waals surface area contributed by atoms with Gasteiger partial charge in [-0.3, -0.25) is 0 Å². The van der Waals surface area contributed by atoms with E-state index in [0.717, 1.165) is 39.5 Å². The summed E-state index contributed by atoms with van der Waals surface area (Å²) >= 11 is 0. The SMILES string of the molecule is C/C(=N/Nc1nc(-c2ccccc2)cc(-c2ccccc2)n1)c1ccc(N)cc1. The van der Waals surface area contributed by atoms with Gasteiger partial charge in [-0.05, 0) is 30.7 Å². The molecule has 3 N–H and O–H groups in total. The minimum atomic E-state index is 0.444. The Kier molecular flexibility index (Phi) is 5.29. The van der Waals surface area contributed by atoms with E-state index in [-0.39, 0.29) is 0 Å². The normalized spacial score (nSPS) is 11.3. The first-order valence-electron chi connectivity index (χ1n) is 9.35. The Morgan fingerprint density at radius 2 is 1.28 bits per heavy atom. The number of hydrogen-bond acceptors (Lipinski definition) is 5. The minimum absolute atomic E-state index is 0.444. The quantitative estimate of drug-likeness (QED) is 0.283. The fourth-order valence-corrected chi connectivity index (χ4v) is 2.93. The predicted octanol–water partition coefficient (Wildman–Crippen LogP) is 5.23. The summed E-state index contributed by atoms with van der Waals surface area (Å²) in [5.41, 5.74) is 15.0. The molecule has 0 fully saturated rings. The van der Waals surface area contributed by atoms with Crippen LogP contribution >= 0.6 is 0 Å². The summed E-state index contributed by atoms with van der Waals surface area (Å²) in [4.78, 5) is 9.32. The van der Waals surface area contributed by atoms with Gasteiger partial charge in [0.25, 0.3) is 0 Å². The topological polar surface area (TPSA) is 76.2 Å². The molecule has 3 aromatic carbocycles. The maximum Gasteiger partial charge on any atom is 0.244 e. The van der Waals surface area contributed by atoms with E-state index in [1.54, 1.807) is 0 Å². The van der Waals surface area contributed by atoms with Gasteiger partial charge in [-0.15, -0.1) is 0 Å². The average molecular weight is 379 g/mol. The summed E-state index contributed by atoms with van der Waals surface area (Å²) in [6, 6.07) is 29.7. The zero-order valence-electron chi connectivity index (χ0n) is 16.1. The Morgan fingerprint density at radius 3 is 1.79 bits per heavy atom. The largest absolute Gasteiger partial charge is 0.399 e. The number of benzene rings is 3. The lowest BCUT2D eigenvalue weighted by Gasteiger charge is -2.09. The van der Waals surface area contributed by atoms with Gasteiger partial charge in [0.1, 0.15) is 0 Å². The number of rotatable bonds is 5. The number of nitrogens with one attached hydrogen (secondary N) is 1. The van der Waals surface area contributed by atoms with Crippen LogP contribution in [0.4, 0.5) is 11.6 Å². The zero-order chi connectivity index (χ0) is 20.1. The Morgan fingerprint density at radius 1 is 0.759 bits per heavy atom. The Bertz CT molecular complexity index is 1060. The molecule has 29 heavy (non-hydrogen) atoms. The molecule has 4 rings (SSSR count). The summed E-state index contributed by atoms with van der Waals surface area (Å²) in [6.07, 6.45) is 0. The predicted molar refractivity (Wildman–Crippen MR) is 120 cm³/mol. The molecule has 5 heteroatoms. The highest BCUT2D eigenvalue weighted by Gasteiger charge is 2.08. The van der Waals surface area contributed by atoms with Crippen LogP contribution in [0.1, 0.15) is 12.5 Å². The first-order chi connectivity index (χ1) is 14.2. The van der Waals surface area contributed by atoms with E-state index < -0.39 is 0 Å². The van der Waals surface area contributed by atoms with Gasteiger partial charge in [-0.1, -0.05) is 72.8 Å². The van der Waals surface area contributed by atoms with Crippen LogP contribution in [0.25, 0.3) is 22.5 Å². The highest BCUT2D eigenvalue weighted by atomic mass is 15.4. The molecule has 0 saturated heterocycles. The van der Waals surface area contributed by atoms with E-state index in [0.29, 0.717) is 5.95 Å². The highest BCUT2D eigenvalue weighted by Crippen LogP contribution is 2.25. The van der Waals surface area contributed by atoms with E-state index in [9.17, 15) is 0 Å². The van der Waals surface area contributed by atoms with Crippen molar-refractivity contribution in [2.75, 3.05) is 11.2 Å². The zero-order valence-corrected chi connectivity index (χ0v) is 16.1. The summed E-state index contributed by atoms with van der Waals surface area (Å²) in [6.45, 7) is 1.93. The summed E-state index contributed by atoms with van der Waals surface area (Å²) < 4.78 is 0. The molecule has 1 aromatic heterocycles. The molecule has 5 nitrogen and oxygen atoms in total. The van der Waals surface area contributed by atoms with E-state index in [4.69, 9.17) is 5.73 Å². The molecule has 0 atom stereocenters. The van der Waals surface area contributed by atoms with Crippen molar-refractivity contribution in [2.45, 2.75) is 6.92 Å². The van der Waals surface area contributed by atoms with Gasteiger partial charge in [-0.2, -0.15) is 5.10 Å². The van der Waals surface area contributed by atoms with Crippen LogP contribution in [0.2, 0.25) is 0 Å². The van der Waals surface area contributed by atoms with Gasteiger partial charge in [-0.25, -0.2) is 15.4 Å². The van der Waals surface area contributed by atoms with Crippen molar-refractivity contribution in [2.24, 2.45) is 5.10 Å². The third-order valence-corrected chi connectivity index (χ3v) is 4.52. The van der Waals surface area contributed by atoms with Crippen molar-refractivity contribution in [3.63, 3.8) is 0 Å². The van der Waals surface area contributed by atoms with Crippen LogP contribution in [0.3, 0.4) is 0 Å². The van der Waals surface area contributed by atoms with Crippen molar-refractivity contribution in [3.8, 4) is 22.5 Å². The molecule has 4 aromatic rings. The molecule has 0 radical (unpaired) electrons. The van der Waals surface area contributed by atoms with Crippen LogP contribution < -0.4 is 11.2 Å². The Labute approximate surface area is 170 Å². The monoisotopic (exact) mass is 379 g/mol. The van der Waals surface area contributed by atoms with Crippen molar-refractivity contribution in [1.82, 2.24) is 9.97 Å². The minimum Gasteiger partial charge on any atom is -0.399 e. The maximum atomic E-state index is 5.76. The van der Waals surface area contributed by atoms with Gasteiger partial charge < -0.3 is 5.73 Å². The molecule has 0 amide bonds. The standard InChI is InChI=1S/C24H21N5/c1-17(18-12-14-21(25)15-13-18)28-29-24-26-22(19-8-4-2-5-9-19)16-23(27-24)20-10-6-3-7-11-20/h2-16H,25H2,1H3,(H,26,27,29)/b28-17-. The van der Waals surface area contributed by atoms with E-state index in [1.165, 1.54) is 0 Å². The number of aromatic nitrogens is 2. The fraction of sp³-hybridized carbons (Fsp3) is 0.0417. The molecule has 0 spiro atoms.